The van der Waals surface area contributed by atoms with E-state index in [2.05, 4.69) is 5.16 Å². The standard InChI is InChI=1S/C11H13NO3/c1-2-15-12-8-7-11(14)9-3-5-10(13)6-4-9/h3-6,8,13H,2,7H2,1H3/b12-8+. The van der Waals surface area contributed by atoms with Gasteiger partial charge in [0.2, 0.25) is 0 Å². The van der Waals surface area contributed by atoms with Crippen molar-refractivity contribution in [2.75, 3.05) is 6.61 Å². The van der Waals surface area contributed by atoms with Crippen LogP contribution >= 0.6 is 0 Å². The van der Waals surface area contributed by atoms with E-state index in [0.29, 0.717) is 12.2 Å². The Bertz CT molecular complexity index is 343. The summed E-state index contributed by atoms with van der Waals surface area (Å²) in [6, 6.07) is 6.11. The van der Waals surface area contributed by atoms with E-state index in [0.717, 1.165) is 0 Å². The van der Waals surface area contributed by atoms with E-state index in [1.54, 1.807) is 12.1 Å². The van der Waals surface area contributed by atoms with Gasteiger partial charge in [-0.15, -0.1) is 0 Å². The normalized spacial score (nSPS) is 10.5. The van der Waals surface area contributed by atoms with Crippen LogP contribution in [-0.4, -0.2) is 23.7 Å². The summed E-state index contributed by atoms with van der Waals surface area (Å²) in [4.78, 5) is 16.2. The number of hydrogen-bond donors (Lipinski definition) is 1. The second-order valence-electron chi connectivity index (χ2n) is 2.88. The number of ketones is 1. The number of rotatable bonds is 5. The first-order valence-electron chi connectivity index (χ1n) is 4.70. The van der Waals surface area contributed by atoms with E-state index in [1.807, 2.05) is 6.92 Å². The lowest BCUT2D eigenvalue weighted by molar-refractivity contribution is 0.0998. The number of oxime groups is 1. The van der Waals surface area contributed by atoms with Crippen LogP contribution in [0.15, 0.2) is 29.4 Å². The fourth-order valence-corrected chi connectivity index (χ4v) is 1.01. The molecule has 0 saturated carbocycles. The number of carbonyl (C=O) groups is 1. The van der Waals surface area contributed by atoms with Crippen molar-refractivity contribution >= 4 is 12.0 Å². The van der Waals surface area contributed by atoms with Gasteiger partial charge in [-0.2, -0.15) is 0 Å². The molecule has 0 aliphatic heterocycles. The highest BCUT2D eigenvalue weighted by Crippen LogP contribution is 2.10. The number of phenolic OH excluding ortho intramolecular Hbond substituents is 1. The quantitative estimate of drug-likeness (QED) is 0.456. The zero-order chi connectivity index (χ0) is 11.1. The molecule has 0 aliphatic carbocycles. The van der Waals surface area contributed by atoms with Crippen molar-refractivity contribution in [3.05, 3.63) is 29.8 Å². The van der Waals surface area contributed by atoms with Gasteiger partial charge in [0.05, 0.1) is 6.21 Å². The highest BCUT2D eigenvalue weighted by Gasteiger charge is 2.03. The Hall–Kier alpha value is -1.84. The predicted molar refractivity (Wildman–Crippen MR) is 57.2 cm³/mol. The Morgan fingerprint density at radius 2 is 2.13 bits per heavy atom. The number of carbonyl (C=O) groups excluding carboxylic acids is 1. The zero-order valence-corrected chi connectivity index (χ0v) is 8.51. The topological polar surface area (TPSA) is 58.9 Å². The summed E-state index contributed by atoms with van der Waals surface area (Å²) in [6.07, 6.45) is 1.63. The predicted octanol–water partition coefficient (Wildman–Crippen LogP) is 1.99. The summed E-state index contributed by atoms with van der Waals surface area (Å²) < 4.78 is 0. The van der Waals surface area contributed by atoms with E-state index >= 15 is 0 Å². The summed E-state index contributed by atoms with van der Waals surface area (Å²) >= 11 is 0. The van der Waals surface area contributed by atoms with Gasteiger partial charge in [-0.05, 0) is 31.2 Å². The molecule has 15 heavy (non-hydrogen) atoms. The molecule has 1 aromatic rings. The molecule has 1 N–H and O–H groups in total. The highest BCUT2D eigenvalue weighted by molar-refractivity contribution is 6.03. The number of hydrogen-bond acceptors (Lipinski definition) is 4. The average molecular weight is 207 g/mol. The van der Waals surface area contributed by atoms with E-state index in [-0.39, 0.29) is 18.0 Å². The SMILES string of the molecule is CCO/N=C/CC(=O)c1ccc(O)cc1. The molecule has 0 fully saturated rings. The zero-order valence-electron chi connectivity index (χ0n) is 8.51. The smallest absolute Gasteiger partial charge is 0.168 e. The molecular weight excluding hydrogens is 194 g/mol. The van der Waals surface area contributed by atoms with Crippen LogP contribution in [0.2, 0.25) is 0 Å². The van der Waals surface area contributed by atoms with Crippen LogP contribution in [0.3, 0.4) is 0 Å². The lowest BCUT2D eigenvalue weighted by Crippen LogP contribution is -1.99. The molecule has 0 spiro atoms. The summed E-state index contributed by atoms with van der Waals surface area (Å²) in [5.74, 6) is 0.0907. The summed E-state index contributed by atoms with van der Waals surface area (Å²) in [6.45, 7) is 2.31. The second kappa shape index (κ2) is 5.80. The van der Waals surface area contributed by atoms with Crippen LogP contribution in [-0.2, 0) is 4.84 Å². The van der Waals surface area contributed by atoms with Gasteiger partial charge in [-0.1, -0.05) is 5.16 Å². The number of nitrogens with zero attached hydrogens (tertiary/aromatic N) is 1. The lowest BCUT2D eigenvalue weighted by Gasteiger charge is -1.97. The first kappa shape index (κ1) is 11.2. The Morgan fingerprint density at radius 1 is 1.47 bits per heavy atom. The van der Waals surface area contributed by atoms with Gasteiger partial charge < -0.3 is 9.94 Å². The molecule has 4 nitrogen and oxygen atoms in total. The minimum Gasteiger partial charge on any atom is -0.508 e. The Labute approximate surface area is 88.2 Å². The Balaban J connectivity index is 2.50. The van der Waals surface area contributed by atoms with Gasteiger partial charge in [-0.25, -0.2) is 0 Å². The average Bonchev–Trinajstić information content (AvgIpc) is 2.25. The number of benzene rings is 1. The molecule has 1 aromatic carbocycles. The highest BCUT2D eigenvalue weighted by atomic mass is 16.6. The van der Waals surface area contributed by atoms with Crippen molar-refractivity contribution in [3.8, 4) is 5.75 Å². The number of Topliss-reactive ketones (excluding diaryl/α,β-unsaturated/α-hetero) is 1. The van der Waals surface area contributed by atoms with Crippen molar-refractivity contribution in [2.24, 2.45) is 5.16 Å². The van der Waals surface area contributed by atoms with Crippen LogP contribution in [0.4, 0.5) is 0 Å². The van der Waals surface area contributed by atoms with Gasteiger partial charge in [0.25, 0.3) is 0 Å². The third kappa shape index (κ3) is 3.81. The number of aromatic hydroxyl groups is 1. The third-order valence-corrected chi connectivity index (χ3v) is 1.74. The largest absolute Gasteiger partial charge is 0.508 e. The molecule has 0 saturated heterocycles. The molecule has 80 valence electrons. The maximum Gasteiger partial charge on any atom is 0.168 e. The van der Waals surface area contributed by atoms with E-state index in [4.69, 9.17) is 9.94 Å². The number of phenols is 1. The van der Waals surface area contributed by atoms with Crippen LogP contribution in [0, 0.1) is 0 Å². The molecule has 0 aliphatic rings. The minimum atomic E-state index is -0.0570. The van der Waals surface area contributed by atoms with Crippen molar-refractivity contribution in [1.29, 1.82) is 0 Å². The molecular formula is C11H13NO3. The molecule has 0 unspecified atom stereocenters. The monoisotopic (exact) mass is 207 g/mol. The van der Waals surface area contributed by atoms with Crippen molar-refractivity contribution in [3.63, 3.8) is 0 Å². The van der Waals surface area contributed by atoms with Crippen molar-refractivity contribution < 1.29 is 14.7 Å². The summed E-state index contributed by atoms with van der Waals surface area (Å²) in [5, 5.41) is 12.6. The molecule has 0 aromatic heterocycles. The molecule has 0 bridgehead atoms. The van der Waals surface area contributed by atoms with Crippen molar-refractivity contribution in [2.45, 2.75) is 13.3 Å². The van der Waals surface area contributed by atoms with Crippen molar-refractivity contribution in [1.82, 2.24) is 0 Å². The van der Waals surface area contributed by atoms with Crippen LogP contribution in [0.25, 0.3) is 0 Å². The lowest BCUT2D eigenvalue weighted by atomic mass is 10.1. The third-order valence-electron chi connectivity index (χ3n) is 1.74. The van der Waals surface area contributed by atoms with Gasteiger partial charge in [0.15, 0.2) is 5.78 Å². The Kier molecular flexibility index (Phi) is 4.34. The van der Waals surface area contributed by atoms with Crippen LogP contribution in [0.1, 0.15) is 23.7 Å². The first-order chi connectivity index (χ1) is 7.24. The van der Waals surface area contributed by atoms with Gasteiger partial charge >= 0.3 is 0 Å². The van der Waals surface area contributed by atoms with E-state index in [1.165, 1.54) is 18.3 Å². The molecule has 1 rings (SSSR count). The van der Waals surface area contributed by atoms with Crippen LogP contribution in [0.5, 0.6) is 5.75 Å². The minimum absolute atomic E-state index is 0.0570. The second-order valence-corrected chi connectivity index (χ2v) is 2.88. The fourth-order valence-electron chi connectivity index (χ4n) is 1.01. The molecule has 0 heterocycles. The Morgan fingerprint density at radius 3 is 2.73 bits per heavy atom. The maximum absolute atomic E-state index is 11.5. The summed E-state index contributed by atoms with van der Waals surface area (Å²) in [7, 11) is 0. The van der Waals surface area contributed by atoms with Gasteiger partial charge in [0.1, 0.15) is 12.4 Å². The molecule has 0 radical (unpaired) electrons. The van der Waals surface area contributed by atoms with E-state index in [9.17, 15) is 4.79 Å². The molecule has 0 atom stereocenters. The molecule has 4 heteroatoms. The maximum atomic E-state index is 11.5. The van der Waals surface area contributed by atoms with Crippen LogP contribution < -0.4 is 0 Å². The van der Waals surface area contributed by atoms with Gasteiger partial charge in [0, 0.05) is 12.0 Å². The van der Waals surface area contributed by atoms with E-state index < -0.39 is 0 Å². The first-order valence-corrected chi connectivity index (χ1v) is 4.70. The summed E-state index contributed by atoms with van der Waals surface area (Å²) in [5.41, 5.74) is 0.552. The van der Waals surface area contributed by atoms with Gasteiger partial charge in [-0.3, -0.25) is 4.79 Å². The fraction of sp³-hybridized carbons (Fsp3) is 0.273. The molecule has 0 amide bonds.